The minimum absolute atomic E-state index is 0.0798. The summed E-state index contributed by atoms with van der Waals surface area (Å²) in [6.07, 6.45) is 0. The first-order valence-corrected chi connectivity index (χ1v) is 10.1. The highest BCUT2D eigenvalue weighted by atomic mass is 32.2. The molecule has 1 fully saturated rings. The fraction of sp³-hybridized carbons (Fsp3) is 0.333. The van der Waals surface area contributed by atoms with Gasteiger partial charge in [-0.05, 0) is 24.6 Å². The normalized spacial score (nSPS) is 15.2. The molecule has 3 rings (SSSR count). The number of thioether (sulfide) groups is 1. The van der Waals surface area contributed by atoms with Crippen LogP contribution in [0.15, 0.2) is 59.5 Å². The summed E-state index contributed by atoms with van der Waals surface area (Å²) in [5, 5.41) is 3.04. The van der Waals surface area contributed by atoms with E-state index < -0.39 is 0 Å². The Bertz CT molecular complexity index is 776. The van der Waals surface area contributed by atoms with Gasteiger partial charge in [0.2, 0.25) is 5.91 Å². The Morgan fingerprint density at radius 1 is 1.07 bits per heavy atom. The summed E-state index contributed by atoms with van der Waals surface area (Å²) in [7, 11) is 0. The van der Waals surface area contributed by atoms with Crippen molar-refractivity contribution in [1.29, 1.82) is 0 Å². The highest BCUT2D eigenvalue weighted by Crippen LogP contribution is 2.24. The molecule has 0 bridgehead atoms. The number of morpholine rings is 1. The lowest BCUT2D eigenvalue weighted by atomic mass is 10.1. The number of ether oxygens (including phenoxy) is 1. The molecule has 27 heavy (non-hydrogen) atoms. The Labute approximate surface area is 164 Å². The Balaban J connectivity index is 1.62. The number of benzene rings is 2. The molecular weight excluding hydrogens is 360 g/mol. The standard InChI is InChI=1S/C21H24N2O3S/c1-16(17-7-3-2-4-8-17)22-21(25)18-9-5-6-10-19(18)27-15-20(24)23-11-13-26-14-12-23/h2-10,16H,11-15H2,1H3,(H,22,25)/t16-/m1/s1. The lowest BCUT2D eigenvalue weighted by Gasteiger charge is -2.26. The molecule has 0 aliphatic carbocycles. The van der Waals surface area contributed by atoms with Crippen LogP contribution in [0.2, 0.25) is 0 Å². The van der Waals surface area contributed by atoms with Gasteiger partial charge < -0.3 is 15.0 Å². The minimum Gasteiger partial charge on any atom is -0.378 e. The molecule has 0 saturated carbocycles. The zero-order chi connectivity index (χ0) is 19.1. The second kappa shape index (κ2) is 9.58. The Kier molecular flexibility index (Phi) is 6.90. The molecule has 2 amide bonds. The Hall–Kier alpha value is -2.31. The molecule has 6 heteroatoms. The van der Waals surface area contributed by atoms with Crippen molar-refractivity contribution in [2.75, 3.05) is 32.1 Å². The third-order valence-electron chi connectivity index (χ3n) is 4.49. The average Bonchev–Trinajstić information content (AvgIpc) is 2.73. The van der Waals surface area contributed by atoms with Gasteiger partial charge in [0.25, 0.3) is 5.91 Å². The van der Waals surface area contributed by atoms with Crippen molar-refractivity contribution in [2.24, 2.45) is 0 Å². The summed E-state index contributed by atoms with van der Waals surface area (Å²) in [4.78, 5) is 27.8. The molecule has 1 aliphatic heterocycles. The molecule has 1 saturated heterocycles. The van der Waals surface area contributed by atoms with Crippen LogP contribution in [-0.2, 0) is 9.53 Å². The molecule has 1 aliphatic rings. The van der Waals surface area contributed by atoms with Crippen molar-refractivity contribution in [3.63, 3.8) is 0 Å². The fourth-order valence-electron chi connectivity index (χ4n) is 2.92. The zero-order valence-corrected chi connectivity index (χ0v) is 16.2. The number of nitrogens with one attached hydrogen (secondary N) is 1. The van der Waals surface area contributed by atoms with Gasteiger partial charge in [-0.25, -0.2) is 0 Å². The van der Waals surface area contributed by atoms with Gasteiger partial charge in [-0.3, -0.25) is 9.59 Å². The third kappa shape index (κ3) is 5.34. The van der Waals surface area contributed by atoms with Gasteiger partial charge in [0, 0.05) is 18.0 Å². The number of rotatable bonds is 6. The number of carbonyl (C=O) groups excluding carboxylic acids is 2. The van der Waals surface area contributed by atoms with Crippen molar-refractivity contribution >= 4 is 23.6 Å². The highest BCUT2D eigenvalue weighted by Gasteiger charge is 2.19. The first-order chi connectivity index (χ1) is 13.1. The van der Waals surface area contributed by atoms with Crippen molar-refractivity contribution in [2.45, 2.75) is 17.9 Å². The van der Waals surface area contributed by atoms with Crippen molar-refractivity contribution in [3.05, 3.63) is 65.7 Å². The van der Waals surface area contributed by atoms with Gasteiger partial charge in [0.15, 0.2) is 0 Å². The third-order valence-corrected chi connectivity index (χ3v) is 5.55. The molecular formula is C21H24N2O3S. The van der Waals surface area contributed by atoms with E-state index in [1.807, 2.05) is 60.4 Å². The van der Waals surface area contributed by atoms with E-state index >= 15 is 0 Å². The van der Waals surface area contributed by atoms with Crippen LogP contribution < -0.4 is 5.32 Å². The van der Waals surface area contributed by atoms with E-state index in [0.29, 0.717) is 37.6 Å². The van der Waals surface area contributed by atoms with Gasteiger partial charge in [-0.2, -0.15) is 0 Å². The highest BCUT2D eigenvalue weighted by molar-refractivity contribution is 8.00. The lowest BCUT2D eigenvalue weighted by Crippen LogP contribution is -2.41. The summed E-state index contributed by atoms with van der Waals surface area (Å²) in [5.74, 6) is 0.267. The predicted molar refractivity (Wildman–Crippen MR) is 107 cm³/mol. The maximum Gasteiger partial charge on any atom is 0.252 e. The molecule has 2 aromatic rings. The number of nitrogens with zero attached hydrogens (tertiary/aromatic N) is 1. The van der Waals surface area contributed by atoms with Crippen LogP contribution in [0.4, 0.5) is 0 Å². The summed E-state index contributed by atoms with van der Waals surface area (Å²) in [6, 6.07) is 17.2. The van der Waals surface area contributed by atoms with E-state index in [0.717, 1.165) is 10.5 Å². The molecule has 142 valence electrons. The van der Waals surface area contributed by atoms with E-state index in [1.165, 1.54) is 11.8 Å². The number of hydrogen-bond donors (Lipinski definition) is 1. The molecule has 5 nitrogen and oxygen atoms in total. The molecule has 2 aromatic carbocycles. The average molecular weight is 385 g/mol. The van der Waals surface area contributed by atoms with Gasteiger partial charge in [0.1, 0.15) is 0 Å². The topological polar surface area (TPSA) is 58.6 Å². The minimum atomic E-state index is -0.131. The molecule has 1 N–H and O–H groups in total. The first kappa shape index (κ1) is 19.5. The van der Waals surface area contributed by atoms with Crippen molar-refractivity contribution in [1.82, 2.24) is 10.2 Å². The van der Waals surface area contributed by atoms with Gasteiger partial charge in [-0.1, -0.05) is 42.5 Å². The number of amides is 2. The Morgan fingerprint density at radius 3 is 2.48 bits per heavy atom. The smallest absolute Gasteiger partial charge is 0.252 e. The SMILES string of the molecule is C[C@@H](NC(=O)c1ccccc1SCC(=O)N1CCOCC1)c1ccccc1. The van der Waals surface area contributed by atoms with E-state index in [-0.39, 0.29) is 17.9 Å². The largest absolute Gasteiger partial charge is 0.378 e. The summed E-state index contributed by atoms with van der Waals surface area (Å²) in [5.41, 5.74) is 1.65. The van der Waals surface area contributed by atoms with Crippen molar-refractivity contribution < 1.29 is 14.3 Å². The summed E-state index contributed by atoms with van der Waals surface area (Å²) in [6.45, 7) is 4.41. The van der Waals surface area contributed by atoms with Crippen LogP contribution in [0.1, 0.15) is 28.9 Å². The number of hydrogen-bond acceptors (Lipinski definition) is 4. The second-order valence-corrected chi connectivity index (χ2v) is 7.40. The molecule has 1 heterocycles. The molecule has 1 atom stereocenters. The first-order valence-electron chi connectivity index (χ1n) is 9.08. The van der Waals surface area contributed by atoms with Gasteiger partial charge in [0.05, 0.1) is 30.6 Å². The van der Waals surface area contributed by atoms with E-state index in [4.69, 9.17) is 4.74 Å². The molecule has 0 aromatic heterocycles. The van der Waals surface area contributed by atoms with Crippen LogP contribution in [0.3, 0.4) is 0 Å². The monoisotopic (exact) mass is 384 g/mol. The number of carbonyl (C=O) groups is 2. The van der Waals surface area contributed by atoms with Crippen LogP contribution in [-0.4, -0.2) is 48.8 Å². The maximum absolute atomic E-state index is 12.8. The van der Waals surface area contributed by atoms with E-state index in [2.05, 4.69) is 5.32 Å². The van der Waals surface area contributed by atoms with Gasteiger partial charge in [-0.15, -0.1) is 11.8 Å². The van der Waals surface area contributed by atoms with Crippen LogP contribution in [0.5, 0.6) is 0 Å². The summed E-state index contributed by atoms with van der Waals surface area (Å²) < 4.78 is 5.28. The fourth-order valence-corrected chi connectivity index (χ4v) is 3.88. The Morgan fingerprint density at radius 2 is 1.74 bits per heavy atom. The van der Waals surface area contributed by atoms with Crippen LogP contribution >= 0.6 is 11.8 Å². The lowest BCUT2D eigenvalue weighted by molar-refractivity contribution is -0.132. The van der Waals surface area contributed by atoms with E-state index in [9.17, 15) is 9.59 Å². The van der Waals surface area contributed by atoms with Crippen LogP contribution in [0, 0.1) is 0 Å². The second-order valence-electron chi connectivity index (χ2n) is 6.38. The van der Waals surface area contributed by atoms with Gasteiger partial charge >= 0.3 is 0 Å². The predicted octanol–water partition coefficient (Wildman–Crippen LogP) is 3.13. The molecule has 0 radical (unpaired) electrons. The van der Waals surface area contributed by atoms with E-state index in [1.54, 1.807) is 6.07 Å². The molecule has 0 unspecified atom stereocenters. The summed E-state index contributed by atoms with van der Waals surface area (Å²) >= 11 is 1.41. The molecule has 0 spiro atoms. The van der Waals surface area contributed by atoms with Crippen LogP contribution in [0.25, 0.3) is 0 Å². The maximum atomic E-state index is 12.8. The van der Waals surface area contributed by atoms with Crippen molar-refractivity contribution in [3.8, 4) is 0 Å². The quantitative estimate of drug-likeness (QED) is 0.778. The zero-order valence-electron chi connectivity index (χ0n) is 15.4.